The van der Waals surface area contributed by atoms with Gasteiger partial charge in [-0.3, -0.25) is 0 Å². The van der Waals surface area contributed by atoms with Crippen molar-refractivity contribution in [2.75, 3.05) is 9.80 Å². The summed E-state index contributed by atoms with van der Waals surface area (Å²) in [7, 11) is 0. The van der Waals surface area contributed by atoms with Gasteiger partial charge in [0.25, 0.3) is 0 Å². The molecular weight excluding hydrogens is 913 g/mol. The highest BCUT2D eigenvalue weighted by Gasteiger charge is 2.52. The molecule has 0 amide bonds. The van der Waals surface area contributed by atoms with Crippen LogP contribution < -0.4 is 9.80 Å². The van der Waals surface area contributed by atoms with Gasteiger partial charge < -0.3 is 9.80 Å². The molecule has 2 aliphatic carbocycles. The lowest BCUT2D eigenvalue weighted by Gasteiger charge is -2.45. The molecule has 0 saturated heterocycles. The largest absolute Gasteiger partial charge is 0.310 e. The predicted octanol–water partition coefficient (Wildman–Crippen LogP) is 19.6. The highest BCUT2D eigenvalue weighted by molar-refractivity contribution is 7.26. The zero-order valence-electron chi connectivity index (χ0n) is 40.6. The first-order valence-corrected chi connectivity index (χ1v) is 26.6. The van der Waals surface area contributed by atoms with E-state index in [2.05, 4.69) is 277 Å². The molecule has 0 atom stereocenters. The van der Waals surface area contributed by atoms with Gasteiger partial charge in [-0.2, -0.15) is 0 Å². The van der Waals surface area contributed by atoms with E-state index in [1.807, 2.05) is 11.3 Å². The second-order valence-electron chi connectivity index (χ2n) is 19.7. The Morgan fingerprint density at radius 1 is 0.405 bits per heavy atom. The predicted molar refractivity (Wildman–Crippen MR) is 313 cm³/mol. The van der Waals surface area contributed by atoms with E-state index in [1.165, 1.54) is 109 Å². The van der Waals surface area contributed by atoms with Crippen LogP contribution in [0, 0.1) is 0 Å². The van der Waals surface area contributed by atoms with Gasteiger partial charge in [-0.1, -0.05) is 212 Å². The number of rotatable bonds is 7. The number of hydrogen-bond donors (Lipinski definition) is 0. The lowest BCUT2D eigenvalue weighted by molar-refractivity contribution is 0.752. The number of benzene rings is 11. The number of nitrogens with zero attached hydrogens (tertiary/aromatic N) is 2. The Morgan fingerprint density at radius 3 is 1.77 bits per heavy atom. The number of para-hydroxylation sites is 4. The molecule has 1 spiro atoms. The van der Waals surface area contributed by atoms with Gasteiger partial charge in [0.15, 0.2) is 0 Å². The Labute approximate surface area is 436 Å². The molecule has 2 heterocycles. The molecule has 1 aliphatic heterocycles. The zero-order valence-corrected chi connectivity index (χ0v) is 41.4. The summed E-state index contributed by atoms with van der Waals surface area (Å²) in [6.45, 7) is 0. The van der Waals surface area contributed by atoms with Crippen LogP contribution >= 0.6 is 11.3 Å². The van der Waals surface area contributed by atoms with Crippen LogP contribution in [0.25, 0.3) is 70.8 Å². The van der Waals surface area contributed by atoms with Crippen molar-refractivity contribution in [3.8, 4) is 44.5 Å². The maximum atomic E-state index is 2.56. The van der Waals surface area contributed by atoms with Crippen molar-refractivity contribution in [2.45, 2.75) is 18.3 Å². The molecule has 0 saturated carbocycles. The van der Waals surface area contributed by atoms with Gasteiger partial charge in [-0.25, -0.2) is 0 Å². The Bertz CT molecular complexity index is 4170. The number of thiophene rings is 1. The third kappa shape index (κ3) is 6.30. The van der Waals surface area contributed by atoms with Crippen LogP contribution in [0.5, 0.6) is 0 Å². The van der Waals surface area contributed by atoms with Crippen LogP contribution in [0.1, 0.15) is 39.8 Å². The van der Waals surface area contributed by atoms with E-state index in [4.69, 9.17) is 0 Å². The molecule has 74 heavy (non-hydrogen) atoms. The Kier molecular flexibility index (Phi) is 9.83. The Balaban J connectivity index is 0.987. The van der Waals surface area contributed by atoms with Crippen molar-refractivity contribution in [3.05, 3.63) is 294 Å². The smallest absolute Gasteiger partial charge is 0.0755 e. The first-order chi connectivity index (χ1) is 36.8. The van der Waals surface area contributed by atoms with E-state index in [-0.39, 0.29) is 0 Å². The van der Waals surface area contributed by atoms with Gasteiger partial charge in [0.2, 0.25) is 0 Å². The van der Waals surface area contributed by atoms with E-state index in [1.54, 1.807) is 0 Å². The van der Waals surface area contributed by atoms with Gasteiger partial charge in [0.1, 0.15) is 0 Å². The van der Waals surface area contributed by atoms with Crippen molar-refractivity contribution in [1.82, 2.24) is 0 Å². The molecule has 0 N–H and O–H groups in total. The quantitative estimate of drug-likeness (QED) is 0.157. The highest BCUT2D eigenvalue weighted by atomic mass is 32.1. The Hall–Kier alpha value is -9.02. The van der Waals surface area contributed by atoms with Gasteiger partial charge in [-0.15, -0.1) is 11.3 Å². The summed E-state index contributed by atoms with van der Waals surface area (Å²) in [6.07, 6.45) is 6.80. The fraction of sp³-hybridized carbons (Fsp3) is 0.0423. The van der Waals surface area contributed by atoms with E-state index < -0.39 is 5.41 Å². The summed E-state index contributed by atoms with van der Waals surface area (Å²) in [5.74, 6) is 0. The first-order valence-electron chi connectivity index (χ1n) is 25.8. The Morgan fingerprint density at radius 2 is 0.973 bits per heavy atom. The molecule has 11 aromatic carbocycles. The van der Waals surface area contributed by atoms with Crippen molar-refractivity contribution >= 4 is 71.7 Å². The number of anilines is 6. The molecule has 0 unspecified atom stereocenters. The van der Waals surface area contributed by atoms with Crippen molar-refractivity contribution in [1.29, 1.82) is 0 Å². The molecule has 0 fully saturated rings. The molecule has 15 rings (SSSR count). The van der Waals surface area contributed by atoms with Crippen LogP contribution in [0.4, 0.5) is 34.1 Å². The third-order valence-corrected chi connectivity index (χ3v) is 17.2. The molecule has 1 aromatic heterocycles. The molecule has 0 radical (unpaired) electrons. The van der Waals surface area contributed by atoms with Crippen LogP contribution in [0.15, 0.2) is 261 Å². The average molecular weight is 961 g/mol. The van der Waals surface area contributed by atoms with Crippen molar-refractivity contribution in [2.24, 2.45) is 0 Å². The van der Waals surface area contributed by atoms with Crippen LogP contribution in [-0.2, 0) is 11.8 Å². The molecule has 12 aromatic rings. The van der Waals surface area contributed by atoms with Gasteiger partial charge in [-0.05, 0) is 134 Å². The van der Waals surface area contributed by atoms with Gasteiger partial charge >= 0.3 is 0 Å². The standard InChI is InChI=1S/C71H48N2S/c1-2-23-49(24-3-1)73-65-39-15-12-35-61(65)71(62-36-13-16-40-66(62)73)60-34-11-8-30-59(60)69-63(71)37-20-41-67(69)72(50-45-43-48(44-46-50)52-31-19-33-58-57-29-10-17-42-68(57)74-70(52)58)64-38-14-9-28-56(64)55-27-7-6-26-54(55)53-32-18-22-47-21-4-5-25-51(47)53/h1-3,5-20,22-46H,4,21H2. The van der Waals surface area contributed by atoms with Crippen LogP contribution in [-0.4, -0.2) is 0 Å². The summed E-state index contributed by atoms with van der Waals surface area (Å²) < 4.78 is 2.63. The fourth-order valence-corrected chi connectivity index (χ4v) is 14.1. The van der Waals surface area contributed by atoms with Crippen LogP contribution in [0.3, 0.4) is 0 Å². The zero-order chi connectivity index (χ0) is 48.7. The second kappa shape index (κ2) is 17.1. The number of fused-ring (bicyclic) bond motifs is 13. The molecule has 2 nitrogen and oxygen atoms in total. The minimum absolute atomic E-state index is 0.606. The van der Waals surface area contributed by atoms with Gasteiger partial charge in [0.05, 0.1) is 28.2 Å². The highest BCUT2D eigenvalue weighted by Crippen LogP contribution is 2.65. The first kappa shape index (κ1) is 42.6. The lowest BCUT2D eigenvalue weighted by atomic mass is 9.64. The van der Waals surface area contributed by atoms with Gasteiger partial charge in [0, 0.05) is 42.7 Å². The minimum atomic E-state index is -0.606. The maximum absolute atomic E-state index is 2.56. The average Bonchev–Trinajstić information content (AvgIpc) is 4.07. The minimum Gasteiger partial charge on any atom is -0.310 e. The number of aryl methyl sites for hydroxylation is 1. The van der Waals surface area contributed by atoms with Crippen LogP contribution in [0.2, 0.25) is 0 Å². The van der Waals surface area contributed by atoms with Crippen molar-refractivity contribution < 1.29 is 0 Å². The third-order valence-electron chi connectivity index (χ3n) is 16.0. The second-order valence-corrected chi connectivity index (χ2v) is 20.8. The lowest BCUT2D eigenvalue weighted by Crippen LogP contribution is -2.36. The molecular formula is C71H48N2S. The SMILES string of the molecule is C1=Cc2c(cccc2-c2ccccc2-c2ccccc2N(c2ccc(-c3cccc4c3sc3ccccc34)cc2)c2cccc3c2-c2ccccc2C32c3ccccc3N(c3ccccc3)c3ccccc32)CC1. The topological polar surface area (TPSA) is 6.48 Å². The monoisotopic (exact) mass is 960 g/mol. The molecule has 3 heteroatoms. The number of allylic oxidation sites excluding steroid dienone is 1. The normalized spacial score (nSPS) is 13.6. The van der Waals surface area contributed by atoms with E-state index >= 15 is 0 Å². The van der Waals surface area contributed by atoms with E-state index in [0.717, 1.165) is 35.6 Å². The summed E-state index contributed by atoms with van der Waals surface area (Å²) in [4.78, 5) is 5.02. The van der Waals surface area contributed by atoms with Crippen molar-refractivity contribution in [3.63, 3.8) is 0 Å². The molecule has 3 aliphatic rings. The van der Waals surface area contributed by atoms with E-state index in [9.17, 15) is 0 Å². The molecule has 348 valence electrons. The molecule has 0 bridgehead atoms. The summed E-state index contributed by atoms with van der Waals surface area (Å²) in [6, 6.07) is 95.2. The summed E-state index contributed by atoms with van der Waals surface area (Å²) in [5.41, 5.74) is 23.9. The number of hydrogen-bond acceptors (Lipinski definition) is 3. The summed E-state index contributed by atoms with van der Waals surface area (Å²) in [5, 5.41) is 2.62. The maximum Gasteiger partial charge on any atom is 0.0755 e. The summed E-state index contributed by atoms with van der Waals surface area (Å²) >= 11 is 1.88. The fourth-order valence-electron chi connectivity index (χ4n) is 12.9. The van der Waals surface area contributed by atoms with E-state index in [0.29, 0.717) is 0 Å².